The molecule has 0 unspecified atom stereocenters. The number of carbonyl (C=O) groups is 2. The summed E-state index contributed by atoms with van der Waals surface area (Å²) in [4.78, 5) is 32.3. The Hall–Kier alpha value is -4.63. The molecule has 3 aromatic carbocycles. The number of carbonyl (C=O) groups excluding carboxylic acids is 2. The van der Waals surface area contributed by atoms with Gasteiger partial charge in [0.2, 0.25) is 0 Å². The molecule has 0 radical (unpaired) electrons. The molecular formula is C41H54N7O2+. The number of benzene rings is 3. The highest BCUT2D eigenvalue weighted by Crippen LogP contribution is 2.24. The summed E-state index contributed by atoms with van der Waals surface area (Å²) in [6.07, 6.45) is 13.3. The lowest BCUT2D eigenvalue weighted by Crippen LogP contribution is -2.40. The zero-order chi connectivity index (χ0) is 34.7. The van der Waals surface area contributed by atoms with Crippen LogP contribution in [0, 0.1) is 0 Å². The predicted octanol–water partition coefficient (Wildman–Crippen LogP) is 7.49. The lowest BCUT2D eigenvalue weighted by atomic mass is 10.1. The van der Waals surface area contributed by atoms with E-state index >= 15 is 0 Å². The van der Waals surface area contributed by atoms with Gasteiger partial charge in [-0.05, 0) is 73.2 Å². The third-order valence-electron chi connectivity index (χ3n) is 10.0. The van der Waals surface area contributed by atoms with Crippen molar-refractivity contribution in [3.05, 3.63) is 107 Å². The van der Waals surface area contributed by atoms with Gasteiger partial charge in [0, 0.05) is 45.0 Å². The number of unbranched alkanes of at least 4 members (excludes halogenated alkanes) is 4. The summed E-state index contributed by atoms with van der Waals surface area (Å²) in [5, 5.41) is 0. The number of fused-ring (bicyclic) bond motifs is 2. The van der Waals surface area contributed by atoms with Crippen LogP contribution >= 0.6 is 0 Å². The van der Waals surface area contributed by atoms with Crippen LogP contribution in [0.15, 0.2) is 85.2 Å². The van der Waals surface area contributed by atoms with Gasteiger partial charge in [-0.3, -0.25) is 24.8 Å². The molecule has 0 atom stereocenters. The summed E-state index contributed by atoms with van der Waals surface area (Å²) < 4.78 is 4.43. The van der Waals surface area contributed by atoms with Gasteiger partial charge in [-0.25, -0.2) is 9.13 Å². The molecule has 2 aliphatic heterocycles. The average molecular weight is 677 g/mol. The molecule has 6 rings (SSSR count). The van der Waals surface area contributed by atoms with Crippen molar-refractivity contribution in [2.45, 2.75) is 91.4 Å². The number of hydrogen-bond acceptors (Lipinski definition) is 6. The SMILES string of the molecule is CCCCCN(CCCCC)c1ccc(NNc2n(CCCN3Cc4ccccc4C3)cc[n+]2CCCN2C(=O)c3ccccc3C2=O)cc1. The average Bonchev–Trinajstić information content (AvgIpc) is 3.81. The van der Waals surface area contributed by atoms with Crippen LogP contribution in [-0.4, -0.2) is 52.4 Å². The lowest BCUT2D eigenvalue weighted by molar-refractivity contribution is -0.682. The Bertz CT molecular complexity index is 1650. The van der Waals surface area contributed by atoms with Crippen molar-refractivity contribution in [1.29, 1.82) is 0 Å². The minimum atomic E-state index is -0.199. The number of anilines is 3. The van der Waals surface area contributed by atoms with Crippen LogP contribution in [0.4, 0.5) is 17.3 Å². The highest BCUT2D eigenvalue weighted by molar-refractivity contribution is 6.21. The van der Waals surface area contributed by atoms with Gasteiger partial charge >= 0.3 is 5.95 Å². The number of nitrogens with one attached hydrogen (secondary N) is 2. The quantitative estimate of drug-likeness (QED) is 0.0437. The van der Waals surface area contributed by atoms with Crippen LogP contribution in [0.3, 0.4) is 0 Å². The second kappa shape index (κ2) is 17.3. The van der Waals surface area contributed by atoms with Crippen LogP contribution in [0.2, 0.25) is 0 Å². The Balaban J connectivity index is 1.09. The zero-order valence-electron chi connectivity index (χ0n) is 29.9. The first-order chi connectivity index (χ1) is 24.6. The number of imidazole rings is 1. The summed E-state index contributed by atoms with van der Waals surface area (Å²) in [6.45, 7) is 11.7. The van der Waals surface area contributed by atoms with Crippen molar-refractivity contribution in [3.63, 3.8) is 0 Å². The zero-order valence-corrected chi connectivity index (χ0v) is 29.9. The van der Waals surface area contributed by atoms with E-state index in [0.29, 0.717) is 30.6 Å². The number of imide groups is 1. The maximum atomic E-state index is 12.9. The van der Waals surface area contributed by atoms with Gasteiger partial charge < -0.3 is 4.90 Å². The maximum absolute atomic E-state index is 12.9. The van der Waals surface area contributed by atoms with Crippen molar-refractivity contribution < 1.29 is 14.2 Å². The Morgan fingerprint density at radius 3 is 1.92 bits per heavy atom. The van der Waals surface area contributed by atoms with E-state index in [-0.39, 0.29) is 11.8 Å². The fourth-order valence-corrected chi connectivity index (χ4v) is 7.20. The van der Waals surface area contributed by atoms with Crippen molar-refractivity contribution in [2.75, 3.05) is 41.9 Å². The molecule has 264 valence electrons. The topological polar surface area (TPSA) is 76.7 Å². The number of hydrazine groups is 1. The smallest absolute Gasteiger partial charge is 0.372 e. The first kappa shape index (κ1) is 35.2. The second-order valence-corrected chi connectivity index (χ2v) is 13.7. The fraction of sp³-hybridized carbons (Fsp3) is 0.439. The molecule has 0 saturated heterocycles. The second-order valence-electron chi connectivity index (χ2n) is 13.7. The van der Waals surface area contributed by atoms with E-state index in [1.165, 1.54) is 60.2 Å². The molecule has 9 heteroatoms. The first-order valence-corrected chi connectivity index (χ1v) is 18.8. The van der Waals surface area contributed by atoms with E-state index in [0.717, 1.165) is 57.3 Å². The van der Waals surface area contributed by atoms with Crippen molar-refractivity contribution in [3.8, 4) is 0 Å². The van der Waals surface area contributed by atoms with E-state index in [4.69, 9.17) is 0 Å². The third kappa shape index (κ3) is 8.56. The van der Waals surface area contributed by atoms with Gasteiger partial charge in [-0.1, -0.05) is 75.9 Å². The Kier molecular flexibility index (Phi) is 12.2. The summed E-state index contributed by atoms with van der Waals surface area (Å²) in [6, 6.07) is 24.6. The minimum Gasteiger partial charge on any atom is -0.372 e. The van der Waals surface area contributed by atoms with Gasteiger partial charge in [-0.15, -0.1) is 0 Å². The molecule has 0 saturated carbocycles. The number of aryl methyl sites for hydroxylation is 2. The Morgan fingerprint density at radius 2 is 1.30 bits per heavy atom. The summed E-state index contributed by atoms with van der Waals surface area (Å²) in [7, 11) is 0. The molecule has 9 nitrogen and oxygen atoms in total. The summed E-state index contributed by atoms with van der Waals surface area (Å²) >= 11 is 0. The molecule has 4 aromatic rings. The van der Waals surface area contributed by atoms with Crippen LogP contribution in [0.25, 0.3) is 0 Å². The maximum Gasteiger partial charge on any atom is 0.379 e. The van der Waals surface area contributed by atoms with E-state index in [9.17, 15) is 9.59 Å². The van der Waals surface area contributed by atoms with Crippen LogP contribution in [-0.2, 0) is 26.2 Å². The highest BCUT2D eigenvalue weighted by atomic mass is 16.2. The van der Waals surface area contributed by atoms with Gasteiger partial charge in [-0.2, -0.15) is 5.43 Å². The van der Waals surface area contributed by atoms with E-state index < -0.39 is 0 Å². The number of rotatable bonds is 20. The Labute approximate surface area is 297 Å². The summed E-state index contributed by atoms with van der Waals surface area (Å²) in [5.74, 6) is 0.548. The molecule has 0 fully saturated rings. The van der Waals surface area contributed by atoms with Crippen LogP contribution < -0.4 is 20.3 Å². The normalized spacial score (nSPS) is 13.9. The van der Waals surface area contributed by atoms with Crippen LogP contribution in [0.1, 0.15) is 97.1 Å². The van der Waals surface area contributed by atoms with Gasteiger partial charge in [0.25, 0.3) is 11.8 Å². The minimum absolute atomic E-state index is 0.199. The molecule has 2 aliphatic rings. The molecule has 0 bridgehead atoms. The van der Waals surface area contributed by atoms with Gasteiger partial charge in [0.15, 0.2) is 0 Å². The van der Waals surface area contributed by atoms with E-state index in [1.54, 1.807) is 12.1 Å². The lowest BCUT2D eigenvalue weighted by Gasteiger charge is -2.25. The summed E-state index contributed by atoms with van der Waals surface area (Å²) in [5.41, 5.74) is 13.1. The monoisotopic (exact) mass is 676 g/mol. The van der Waals surface area contributed by atoms with Gasteiger partial charge in [0.1, 0.15) is 0 Å². The van der Waals surface area contributed by atoms with E-state index in [1.807, 2.05) is 12.1 Å². The number of hydrogen-bond donors (Lipinski definition) is 2. The predicted molar refractivity (Wildman–Crippen MR) is 201 cm³/mol. The Morgan fingerprint density at radius 1 is 0.680 bits per heavy atom. The third-order valence-corrected chi connectivity index (χ3v) is 10.0. The first-order valence-electron chi connectivity index (χ1n) is 18.8. The molecule has 1 aromatic heterocycles. The molecular weight excluding hydrogens is 622 g/mol. The fourth-order valence-electron chi connectivity index (χ4n) is 7.20. The molecule has 2 amide bonds. The van der Waals surface area contributed by atoms with Crippen molar-refractivity contribution in [1.82, 2.24) is 14.4 Å². The van der Waals surface area contributed by atoms with Crippen molar-refractivity contribution in [2.24, 2.45) is 0 Å². The molecule has 0 spiro atoms. The van der Waals surface area contributed by atoms with E-state index in [2.05, 4.69) is 105 Å². The molecule has 50 heavy (non-hydrogen) atoms. The highest BCUT2D eigenvalue weighted by Gasteiger charge is 2.34. The number of nitrogens with zero attached hydrogens (tertiary/aromatic N) is 5. The van der Waals surface area contributed by atoms with Crippen molar-refractivity contribution >= 4 is 29.1 Å². The molecule has 3 heterocycles. The van der Waals surface area contributed by atoms with Crippen LogP contribution in [0.5, 0.6) is 0 Å². The number of amides is 2. The molecule has 2 N–H and O–H groups in total. The standard InChI is InChI=1S/C41H53N7O2/c1-3-5-11-24-45(25-12-6-4-2)36-21-19-35(20-22-36)42-43-41-46(26-13-23-44-31-33-15-7-8-16-34(33)32-44)29-30-47(41)27-14-28-48-39(49)37-17-9-10-18-38(37)40(48)50/h7-10,15-22,29-30,42H,3-6,11-14,23-28,31-32H2,1-2H3/p+1. The van der Waals surface area contributed by atoms with Gasteiger partial charge in [0.05, 0.1) is 42.3 Å². The largest absolute Gasteiger partial charge is 0.379 e. The number of aromatic nitrogens is 2. The molecule has 0 aliphatic carbocycles.